The molecule has 0 saturated carbocycles. The highest BCUT2D eigenvalue weighted by Gasteiger charge is 2.30. The summed E-state index contributed by atoms with van der Waals surface area (Å²) in [7, 11) is 0. The van der Waals surface area contributed by atoms with Gasteiger partial charge in [-0.1, -0.05) is 6.58 Å². The van der Waals surface area contributed by atoms with E-state index >= 15 is 0 Å². The van der Waals surface area contributed by atoms with Gasteiger partial charge in [0.1, 0.15) is 18.8 Å². The van der Waals surface area contributed by atoms with Crippen LogP contribution in [0.4, 0.5) is 0 Å². The van der Waals surface area contributed by atoms with Crippen molar-refractivity contribution in [3.8, 4) is 0 Å². The normalized spacial score (nSPS) is 16.2. The van der Waals surface area contributed by atoms with E-state index in [1.54, 1.807) is 0 Å². The van der Waals surface area contributed by atoms with E-state index in [0.717, 1.165) is 0 Å². The molecule has 16 heavy (non-hydrogen) atoms. The summed E-state index contributed by atoms with van der Waals surface area (Å²) in [4.78, 5) is 21.1. The first kappa shape index (κ1) is 14.7. The molecule has 0 rings (SSSR count). The van der Waals surface area contributed by atoms with E-state index in [0.29, 0.717) is 0 Å². The van der Waals surface area contributed by atoms with Gasteiger partial charge >= 0.3 is 5.97 Å². The molecule has 0 aromatic rings. The van der Waals surface area contributed by atoms with Crippen LogP contribution in [0.3, 0.4) is 0 Å². The van der Waals surface area contributed by atoms with Crippen molar-refractivity contribution < 1.29 is 35.1 Å². The van der Waals surface area contributed by atoms with Gasteiger partial charge in [0.05, 0.1) is 6.10 Å². The standard InChI is InChI=1S/C9H14O7/c1-4(9(15)16)2-5(11)7(13)8(14)6(12)3-10/h5,7-8,10-11,13-14H,1-3H2,(H,15,16)/t5?,7-,8-/m1/s1. The predicted octanol–water partition coefficient (Wildman–Crippen LogP) is -2.34. The summed E-state index contributed by atoms with van der Waals surface area (Å²) in [5, 5.41) is 44.5. The number of Topliss-reactive ketones (excluding diaryl/α,β-unsaturated/α-hetero) is 1. The predicted molar refractivity (Wildman–Crippen MR) is 51.5 cm³/mol. The molecule has 1 unspecified atom stereocenters. The number of hydrogen-bond donors (Lipinski definition) is 5. The minimum Gasteiger partial charge on any atom is -0.478 e. The van der Waals surface area contributed by atoms with Gasteiger partial charge in [-0.15, -0.1) is 0 Å². The Bertz CT molecular complexity index is 286. The first-order chi connectivity index (χ1) is 7.31. The summed E-state index contributed by atoms with van der Waals surface area (Å²) in [6.07, 6.45) is -5.96. The zero-order valence-corrected chi connectivity index (χ0v) is 8.41. The third-order valence-electron chi connectivity index (χ3n) is 1.96. The van der Waals surface area contributed by atoms with Crippen LogP contribution in [-0.2, 0) is 9.59 Å². The highest BCUT2D eigenvalue weighted by Crippen LogP contribution is 2.10. The summed E-state index contributed by atoms with van der Waals surface area (Å²) >= 11 is 0. The summed E-state index contributed by atoms with van der Waals surface area (Å²) in [5.74, 6) is -2.42. The molecular formula is C9H14O7. The Morgan fingerprint density at radius 1 is 1.19 bits per heavy atom. The van der Waals surface area contributed by atoms with Crippen LogP contribution < -0.4 is 0 Å². The van der Waals surface area contributed by atoms with Gasteiger partial charge in [-0.05, 0) is 0 Å². The zero-order valence-electron chi connectivity index (χ0n) is 8.41. The van der Waals surface area contributed by atoms with Gasteiger partial charge in [-0.3, -0.25) is 4.79 Å². The SMILES string of the molecule is C=C(CC(O)[C@@H](O)[C@H](O)C(=O)CO)C(=O)O. The van der Waals surface area contributed by atoms with E-state index in [9.17, 15) is 19.8 Å². The molecular weight excluding hydrogens is 220 g/mol. The largest absolute Gasteiger partial charge is 0.478 e. The van der Waals surface area contributed by atoms with Gasteiger partial charge in [-0.2, -0.15) is 0 Å². The number of carbonyl (C=O) groups is 2. The Morgan fingerprint density at radius 2 is 1.69 bits per heavy atom. The molecule has 0 aromatic carbocycles. The summed E-state index contributed by atoms with van der Waals surface area (Å²) in [6.45, 7) is 2.13. The van der Waals surface area contributed by atoms with Crippen molar-refractivity contribution in [2.24, 2.45) is 0 Å². The lowest BCUT2D eigenvalue weighted by Crippen LogP contribution is -2.43. The number of carboxylic acid groups (broad SMARTS) is 1. The molecule has 0 spiro atoms. The number of rotatable bonds is 7. The van der Waals surface area contributed by atoms with Crippen LogP contribution in [0.15, 0.2) is 12.2 Å². The molecule has 0 aliphatic carbocycles. The second-order valence-corrected chi connectivity index (χ2v) is 3.24. The second-order valence-electron chi connectivity index (χ2n) is 3.24. The van der Waals surface area contributed by atoms with Crippen LogP contribution in [0.1, 0.15) is 6.42 Å². The fourth-order valence-corrected chi connectivity index (χ4v) is 0.955. The smallest absolute Gasteiger partial charge is 0.331 e. The number of carboxylic acids is 1. The molecule has 0 fully saturated rings. The van der Waals surface area contributed by atoms with Crippen LogP contribution in [0, 0.1) is 0 Å². The van der Waals surface area contributed by atoms with Gasteiger partial charge in [0, 0.05) is 12.0 Å². The maximum atomic E-state index is 10.8. The maximum absolute atomic E-state index is 10.8. The number of aliphatic hydroxyl groups is 4. The Labute approximate surface area is 91.3 Å². The average molecular weight is 234 g/mol. The highest BCUT2D eigenvalue weighted by atomic mass is 16.4. The lowest BCUT2D eigenvalue weighted by atomic mass is 9.99. The molecule has 0 radical (unpaired) electrons. The second kappa shape index (κ2) is 6.33. The third-order valence-corrected chi connectivity index (χ3v) is 1.96. The van der Waals surface area contributed by atoms with Crippen LogP contribution in [0.2, 0.25) is 0 Å². The van der Waals surface area contributed by atoms with Gasteiger partial charge in [0.2, 0.25) is 0 Å². The van der Waals surface area contributed by atoms with Gasteiger partial charge < -0.3 is 25.5 Å². The molecule has 7 heteroatoms. The molecule has 0 heterocycles. The molecule has 5 N–H and O–H groups in total. The van der Waals surface area contributed by atoms with Gasteiger partial charge in [-0.25, -0.2) is 4.79 Å². The van der Waals surface area contributed by atoms with Crippen LogP contribution in [-0.4, -0.2) is 62.2 Å². The van der Waals surface area contributed by atoms with Crippen molar-refractivity contribution in [2.75, 3.05) is 6.61 Å². The zero-order chi connectivity index (χ0) is 12.9. The first-order valence-corrected chi connectivity index (χ1v) is 4.40. The number of ketones is 1. The van der Waals surface area contributed by atoms with Crippen LogP contribution >= 0.6 is 0 Å². The summed E-state index contributed by atoms with van der Waals surface area (Å²) < 4.78 is 0. The van der Waals surface area contributed by atoms with Crippen molar-refractivity contribution >= 4 is 11.8 Å². The minimum absolute atomic E-state index is 0.366. The average Bonchev–Trinajstić information content (AvgIpc) is 2.25. The quantitative estimate of drug-likeness (QED) is 0.311. The Balaban J connectivity index is 4.38. The number of aliphatic hydroxyl groups excluding tert-OH is 4. The molecule has 0 aromatic heterocycles. The van der Waals surface area contributed by atoms with E-state index in [2.05, 4.69) is 6.58 Å². The maximum Gasteiger partial charge on any atom is 0.331 e. The summed E-state index contributed by atoms with van der Waals surface area (Å²) in [5.41, 5.74) is -0.366. The Morgan fingerprint density at radius 3 is 2.06 bits per heavy atom. The number of aliphatic carboxylic acids is 1. The fraction of sp³-hybridized carbons (Fsp3) is 0.556. The molecule has 0 amide bonds. The molecule has 0 aliphatic heterocycles. The topological polar surface area (TPSA) is 135 Å². The summed E-state index contributed by atoms with van der Waals surface area (Å²) in [6, 6.07) is 0. The van der Waals surface area contributed by atoms with Crippen molar-refractivity contribution in [1.82, 2.24) is 0 Å². The molecule has 92 valence electrons. The lowest BCUT2D eigenvalue weighted by Gasteiger charge is -2.21. The third kappa shape index (κ3) is 4.07. The van der Waals surface area contributed by atoms with Gasteiger partial charge in [0.25, 0.3) is 0 Å². The van der Waals surface area contributed by atoms with Crippen molar-refractivity contribution in [1.29, 1.82) is 0 Å². The first-order valence-electron chi connectivity index (χ1n) is 4.40. The lowest BCUT2D eigenvalue weighted by molar-refractivity contribution is -0.141. The van der Waals surface area contributed by atoms with E-state index in [1.165, 1.54) is 0 Å². The Kier molecular flexibility index (Phi) is 5.83. The molecule has 0 saturated heterocycles. The fourth-order valence-electron chi connectivity index (χ4n) is 0.955. The van der Waals surface area contributed by atoms with E-state index in [-0.39, 0.29) is 5.57 Å². The van der Waals surface area contributed by atoms with Crippen LogP contribution in [0.25, 0.3) is 0 Å². The number of carbonyl (C=O) groups excluding carboxylic acids is 1. The molecule has 0 aliphatic rings. The van der Waals surface area contributed by atoms with Crippen LogP contribution in [0.5, 0.6) is 0 Å². The molecule has 3 atom stereocenters. The molecule has 7 nitrogen and oxygen atoms in total. The van der Waals surface area contributed by atoms with Crippen molar-refractivity contribution in [3.05, 3.63) is 12.2 Å². The van der Waals surface area contributed by atoms with E-state index < -0.39 is 43.1 Å². The van der Waals surface area contributed by atoms with E-state index in [1.807, 2.05) is 0 Å². The monoisotopic (exact) mass is 234 g/mol. The van der Waals surface area contributed by atoms with Crippen molar-refractivity contribution in [3.63, 3.8) is 0 Å². The van der Waals surface area contributed by atoms with Gasteiger partial charge in [0.15, 0.2) is 5.78 Å². The van der Waals surface area contributed by atoms with Crippen molar-refractivity contribution in [2.45, 2.75) is 24.7 Å². The minimum atomic E-state index is -1.96. The molecule has 0 bridgehead atoms. The number of hydrogen-bond acceptors (Lipinski definition) is 6. The highest BCUT2D eigenvalue weighted by molar-refractivity contribution is 5.86. The van der Waals surface area contributed by atoms with E-state index in [4.69, 9.17) is 15.3 Å². The Hall–Kier alpha value is -1.28.